The predicted octanol–water partition coefficient (Wildman–Crippen LogP) is 4.75. The molecule has 0 amide bonds. The fraction of sp³-hybridized carbons (Fsp3) is 0.333. The first-order valence-electron chi connectivity index (χ1n) is 11.2. The molecule has 0 saturated carbocycles. The Balaban J connectivity index is 1.65. The topological polar surface area (TPSA) is 22.2 Å². The molecule has 4 aliphatic heterocycles. The first kappa shape index (κ1) is 20.9. The van der Waals surface area contributed by atoms with Crippen LogP contribution < -0.4 is 4.74 Å². The van der Waals surface area contributed by atoms with E-state index in [2.05, 4.69) is 122 Å². The summed E-state index contributed by atoms with van der Waals surface area (Å²) in [5.41, 5.74) is 1.44. The zero-order valence-corrected chi connectivity index (χ0v) is 22.1. The molecule has 33 heavy (non-hydrogen) atoms. The van der Waals surface area contributed by atoms with Crippen LogP contribution in [0.25, 0.3) is 0 Å². The van der Waals surface area contributed by atoms with Crippen molar-refractivity contribution in [2.24, 2.45) is 0 Å². The number of hydrogen-bond donors (Lipinski definition) is 0. The van der Waals surface area contributed by atoms with E-state index in [1.165, 1.54) is 8.29 Å². The van der Waals surface area contributed by atoms with E-state index in [0.29, 0.717) is 11.5 Å². The predicted molar refractivity (Wildman–Crippen MR) is 126 cm³/mol. The average molecular weight is 620 g/mol. The van der Waals surface area contributed by atoms with Crippen molar-refractivity contribution in [2.45, 2.75) is 58.3 Å². The van der Waals surface area contributed by atoms with Crippen LogP contribution in [-0.4, -0.2) is 33.6 Å². The molecular weight excluding hydrogens is 591 g/mol. The minimum absolute atomic E-state index is 0.205. The van der Waals surface area contributed by atoms with E-state index >= 15 is 0 Å². The molecule has 0 radical (unpaired) electrons. The molecule has 0 atom stereocenters. The van der Waals surface area contributed by atoms with Gasteiger partial charge in [-0.2, -0.15) is 0 Å². The van der Waals surface area contributed by atoms with Gasteiger partial charge in [0.25, 0.3) is 0 Å². The van der Waals surface area contributed by atoms with Gasteiger partial charge < -0.3 is 0 Å². The van der Waals surface area contributed by atoms with Crippen molar-refractivity contribution >= 4 is 8.29 Å². The molecule has 0 aliphatic carbocycles. The second-order valence-electron chi connectivity index (χ2n) is 10.2. The van der Waals surface area contributed by atoms with Gasteiger partial charge in [-0.25, -0.2) is 0 Å². The van der Waals surface area contributed by atoms with E-state index in [9.17, 15) is 0 Å². The number of nitrogens with zero attached hydrogens (tertiary/aromatic N) is 4. The Hall–Kier alpha value is -2.65. The normalized spacial score (nSPS) is 23.3. The summed E-state index contributed by atoms with van der Waals surface area (Å²) in [4.78, 5) is 9.80. The van der Waals surface area contributed by atoms with Crippen LogP contribution in [0, 0.1) is 12.1 Å². The Morgan fingerprint density at radius 2 is 1.06 bits per heavy atom. The zero-order chi connectivity index (χ0) is 23.2. The molecule has 0 aromatic heterocycles. The molecule has 6 heteroatoms. The molecule has 4 heterocycles. The number of fused-ring (bicyclic) bond motifs is 4. The van der Waals surface area contributed by atoms with Crippen molar-refractivity contribution in [3.63, 3.8) is 0 Å². The first-order chi connectivity index (χ1) is 15.6. The summed E-state index contributed by atoms with van der Waals surface area (Å²) in [7, 11) is 0. The van der Waals surface area contributed by atoms with Gasteiger partial charge in [0.2, 0.25) is 0 Å². The van der Waals surface area contributed by atoms with Gasteiger partial charge in [0.15, 0.2) is 0 Å². The minimum atomic E-state index is -0.482. The van der Waals surface area contributed by atoms with Crippen LogP contribution in [0.1, 0.15) is 52.7 Å². The van der Waals surface area contributed by atoms with Gasteiger partial charge in [-0.3, -0.25) is 0 Å². The Morgan fingerprint density at radius 1 is 0.636 bits per heavy atom. The Morgan fingerprint density at radius 3 is 1.52 bits per heavy atom. The van der Waals surface area contributed by atoms with Crippen LogP contribution >= 0.6 is 0 Å². The van der Waals surface area contributed by atoms with Gasteiger partial charge in [0.1, 0.15) is 0 Å². The maximum absolute atomic E-state index is 6.26. The summed E-state index contributed by atoms with van der Waals surface area (Å²) in [5.74, 6) is 1.43. The molecule has 2 aromatic rings. The van der Waals surface area contributed by atoms with Gasteiger partial charge in [-0.1, -0.05) is 0 Å². The van der Waals surface area contributed by atoms with Crippen molar-refractivity contribution in [1.82, 2.24) is 19.6 Å². The first-order valence-corrected chi connectivity index (χ1v) is 13.5. The summed E-state index contributed by atoms with van der Waals surface area (Å²) in [5, 5.41) is 0. The number of hydrogen-bond acceptors (Lipinski definition) is 5. The van der Waals surface area contributed by atoms with E-state index in [0.717, 1.165) is 11.1 Å². The van der Waals surface area contributed by atoms with Crippen LogP contribution in [0.2, 0.25) is 0 Å². The Kier molecular flexibility index (Phi) is 4.24. The van der Waals surface area contributed by atoms with Crippen LogP contribution in [0.15, 0.2) is 61.2 Å². The molecule has 0 saturated heterocycles. The van der Waals surface area contributed by atoms with Crippen molar-refractivity contribution < 1.29 is 22.4 Å². The standard InChI is InChI=1S/C27H28N4O.Pt/c1-25(2)21-9-7-11-23(17-21)32-24-12-8-10-22(18-24)26(3,4)29-14-16-31(20-29)27(5,6)30-15-13-28(25)19-30;/h7-16H,1-6H3;/q-2;. The Bertz CT molecular complexity index is 1210. The molecule has 4 aliphatic rings. The van der Waals surface area contributed by atoms with E-state index in [1.807, 2.05) is 12.1 Å². The van der Waals surface area contributed by atoms with E-state index in [-0.39, 0.29) is 16.7 Å². The number of benzene rings is 2. The zero-order valence-electron chi connectivity index (χ0n) is 19.8. The van der Waals surface area contributed by atoms with Crippen molar-refractivity contribution in [2.75, 3.05) is 0 Å². The van der Waals surface area contributed by atoms with Crippen molar-refractivity contribution in [1.29, 1.82) is 0 Å². The molecule has 6 rings (SSSR count). The second kappa shape index (κ2) is 6.70. The summed E-state index contributed by atoms with van der Waals surface area (Å²) in [6.07, 6.45) is 8.96. The maximum atomic E-state index is 6.26. The third kappa shape index (κ3) is 2.88. The van der Waals surface area contributed by atoms with Gasteiger partial charge in [0, 0.05) is 0 Å². The fourth-order valence-electron chi connectivity index (χ4n) is 4.75. The van der Waals surface area contributed by atoms with Crippen LogP contribution in [0.5, 0.6) is 11.5 Å². The average Bonchev–Trinajstić information content (AvgIpc) is 3.40. The van der Waals surface area contributed by atoms with Gasteiger partial charge in [-0.05, 0) is 0 Å². The molecule has 0 unspecified atom stereocenters. The molecule has 0 fully saturated rings. The van der Waals surface area contributed by atoms with Crippen molar-refractivity contribution in [3.8, 4) is 11.5 Å². The summed E-state index contributed by atoms with van der Waals surface area (Å²) in [6.45, 7) is 13.7. The van der Waals surface area contributed by atoms with Crippen LogP contribution in [0.3, 0.4) is 0 Å². The molecule has 5 nitrogen and oxygen atoms in total. The van der Waals surface area contributed by atoms with Crippen LogP contribution in [0.4, 0.5) is 0 Å². The molecule has 174 valence electrons. The van der Waals surface area contributed by atoms with Gasteiger partial charge in [-0.15, -0.1) is 0 Å². The second-order valence-corrected chi connectivity index (χ2v) is 12.8. The monoisotopic (exact) mass is 619 g/mol. The van der Waals surface area contributed by atoms with Crippen LogP contribution in [-0.2, 0) is 28.7 Å². The number of rotatable bonds is 0. The fourth-order valence-corrected chi connectivity index (χ4v) is 9.49. The van der Waals surface area contributed by atoms with E-state index < -0.39 is 17.6 Å². The molecule has 0 N–H and O–H groups in total. The van der Waals surface area contributed by atoms with E-state index in [1.54, 1.807) is 0 Å². The summed E-state index contributed by atoms with van der Waals surface area (Å²) in [6, 6.07) is 19.5. The Labute approximate surface area is 204 Å². The summed E-state index contributed by atoms with van der Waals surface area (Å²) >= 11 is -0.482. The van der Waals surface area contributed by atoms with Gasteiger partial charge >= 0.3 is 205 Å². The van der Waals surface area contributed by atoms with Crippen molar-refractivity contribution in [3.05, 3.63) is 84.5 Å². The van der Waals surface area contributed by atoms with E-state index in [4.69, 9.17) is 4.74 Å². The molecular formula is C27H28N4OPt-2. The summed E-state index contributed by atoms with van der Waals surface area (Å²) < 4.78 is 9.03. The third-order valence-corrected chi connectivity index (χ3v) is 10.3. The SMILES string of the molecule is CC1(C)c2[c-]c(ccc2)Oc2[c-]c(ccc2)C(C)(C)N2C=CN3[C]2=[Pt]=[C]2N1C=CN2C3(C)C. The molecule has 2 aromatic carbocycles. The molecule has 6 bridgehead atoms. The van der Waals surface area contributed by atoms with Gasteiger partial charge in [0.05, 0.1) is 0 Å². The number of ether oxygens (including phenoxy) is 1. The molecule has 0 spiro atoms. The quantitative estimate of drug-likeness (QED) is 0.397. The third-order valence-electron chi connectivity index (χ3n) is 7.07.